The maximum absolute atomic E-state index is 12.1. The van der Waals surface area contributed by atoms with Gasteiger partial charge in [-0.05, 0) is 18.2 Å². The lowest BCUT2D eigenvalue weighted by Crippen LogP contribution is -2.36. The van der Waals surface area contributed by atoms with Crippen molar-refractivity contribution in [2.45, 2.75) is 20.8 Å². The summed E-state index contributed by atoms with van der Waals surface area (Å²) >= 11 is 0. The van der Waals surface area contributed by atoms with Gasteiger partial charge in [0.1, 0.15) is 12.1 Å². The Balaban J connectivity index is 2.40. The van der Waals surface area contributed by atoms with E-state index in [9.17, 15) is 24.6 Å². The molecule has 1 aromatic heterocycles. The summed E-state index contributed by atoms with van der Waals surface area (Å²) in [7, 11) is 0. The number of carbonyl (C=O) groups is 3. The van der Waals surface area contributed by atoms with E-state index >= 15 is 0 Å². The molecule has 0 spiro atoms. The summed E-state index contributed by atoms with van der Waals surface area (Å²) in [5.41, 5.74) is -0.662. The van der Waals surface area contributed by atoms with Gasteiger partial charge in [0.25, 0.3) is 0 Å². The van der Waals surface area contributed by atoms with Crippen LogP contribution >= 0.6 is 0 Å². The van der Waals surface area contributed by atoms with Crippen molar-refractivity contribution >= 4 is 40.3 Å². The Morgan fingerprint density at radius 3 is 2.31 bits per heavy atom. The van der Waals surface area contributed by atoms with E-state index in [1.54, 1.807) is 39.0 Å². The maximum Gasteiger partial charge on any atom is 0.229 e. The molecule has 26 heavy (non-hydrogen) atoms. The Hall–Kier alpha value is -3.49. The first-order valence-electron chi connectivity index (χ1n) is 7.55. The van der Waals surface area contributed by atoms with Crippen molar-refractivity contribution in [3.05, 3.63) is 36.3 Å². The number of amides is 1. The molecule has 1 heterocycles. The Morgan fingerprint density at radius 1 is 1.08 bits per heavy atom. The van der Waals surface area contributed by atoms with Gasteiger partial charge in [0.2, 0.25) is 5.91 Å². The topological polar surface area (TPSA) is 147 Å². The van der Waals surface area contributed by atoms with Gasteiger partial charge in [-0.15, -0.1) is 0 Å². The first-order chi connectivity index (χ1) is 12.1. The minimum absolute atomic E-state index is 0.154. The number of rotatable bonds is 5. The van der Waals surface area contributed by atoms with Crippen LogP contribution in [0.1, 0.15) is 20.8 Å². The average Bonchev–Trinajstić information content (AvgIpc) is 2.53. The van der Waals surface area contributed by atoms with Gasteiger partial charge < -0.3 is 30.4 Å². The molecule has 0 atom stereocenters. The fourth-order valence-electron chi connectivity index (χ4n) is 1.91. The van der Waals surface area contributed by atoms with Gasteiger partial charge in [0.05, 0.1) is 17.5 Å². The molecule has 1 aromatic carbocycles. The monoisotopic (exact) mass is 356 g/mol. The molecule has 0 aliphatic rings. The van der Waals surface area contributed by atoms with Gasteiger partial charge in [-0.2, -0.15) is 0 Å². The first kappa shape index (κ1) is 18.8. The summed E-state index contributed by atoms with van der Waals surface area (Å²) in [5, 5.41) is 27.3. The number of benzene rings is 1. The summed E-state index contributed by atoms with van der Waals surface area (Å²) < 4.78 is 0. The van der Waals surface area contributed by atoms with Crippen molar-refractivity contribution in [1.82, 2.24) is 9.97 Å². The fraction of sp³-hybridized carbons (Fsp3) is 0.235. The van der Waals surface area contributed by atoms with Gasteiger partial charge in [-0.3, -0.25) is 4.79 Å². The summed E-state index contributed by atoms with van der Waals surface area (Å²) in [4.78, 5) is 41.7. The predicted molar refractivity (Wildman–Crippen MR) is 89.3 cm³/mol. The Kier molecular flexibility index (Phi) is 5.20. The zero-order valence-electron chi connectivity index (χ0n) is 14.3. The van der Waals surface area contributed by atoms with E-state index in [2.05, 4.69) is 20.6 Å². The molecule has 0 radical (unpaired) electrons. The molecule has 2 aromatic rings. The third kappa shape index (κ3) is 4.32. The Bertz CT molecular complexity index is 899. The molecule has 136 valence electrons. The number of fused-ring (bicyclic) bond motifs is 1. The van der Waals surface area contributed by atoms with E-state index in [1.807, 2.05) is 0 Å². The highest BCUT2D eigenvalue weighted by molar-refractivity contribution is 6.11. The normalized spacial score (nSPS) is 10.9. The molecule has 1 amide bonds. The molecule has 0 unspecified atom stereocenters. The SMILES string of the molecule is CC(C)(C)C(=O)Nc1ccc2ncnc(NC=C(C(=O)[O-])C(=O)[O-])c2c1. The predicted octanol–water partition coefficient (Wildman–Crippen LogP) is -0.590. The highest BCUT2D eigenvalue weighted by Crippen LogP contribution is 2.25. The number of aromatic nitrogens is 2. The van der Waals surface area contributed by atoms with E-state index in [4.69, 9.17) is 0 Å². The molecule has 0 saturated heterocycles. The molecular weight excluding hydrogens is 340 g/mol. The summed E-state index contributed by atoms with van der Waals surface area (Å²) in [6.45, 7) is 5.31. The number of nitrogens with one attached hydrogen (secondary N) is 2. The van der Waals surface area contributed by atoms with Crippen molar-refractivity contribution in [2.75, 3.05) is 10.6 Å². The van der Waals surface area contributed by atoms with Crippen molar-refractivity contribution in [3.63, 3.8) is 0 Å². The van der Waals surface area contributed by atoms with Crippen molar-refractivity contribution in [2.24, 2.45) is 5.41 Å². The van der Waals surface area contributed by atoms with Crippen molar-refractivity contribution in [3.8, 4) is 0 Å². The summed E-state index contributed by atoms with van der Waals surface area (Å²) in [5.74, 6) is -3.83. The van der Waals surface area contributed by atoms with Crippen molar-refractivity contribution in [1.29, 1.82) is 0 Å². The van der Waals surface area contributed by atoms with Gasteiger partial charge in [-0.1, -0.05) is 20.8 Å². The lowest BCUT2D eigenvalue weighted by atomic mass is 9.95. The molecule has 0 saturated carbocycles. The highest BCUT2D eigenvalue weighted by Gasteiger charge is 2.21. The molecule has 9 nitrogen and oxygen atoms in total. The van der Waals surface area contributed by atoms with Gasteiger partial charge in [0.15, 0.2) is 0 Å². The largest absolute Gasteiger partial charge is 0.545 e. The van der Waals surface area contributed by atoms with Gasteiger partial charge in [0, 0.05) is 28.3 Å². The minimum atomic E-state index is -1.89. The van der Waals surface area contributed by atoms with E-state index in [0.29, 0.717) is 22.8 Å². The third-order valence-electron chi connectivity index (χ3n) is 3.37. The fourth-order valence-corrected chi connectivity index (χ4v) is 1.91. The summed E-state index contributed by atoms with van der Waals surface area (Å²) in [6, 6.07) is 4.89. The van der Waals surface area contributed by atoms with Crippen LogP contribution in [0.5, 0.6) is 0 Å². The van der Waals surface area contributed by atoms with Crippen LogP contribution in [0, 0.1) is 5.41 Å². The molecule has 2 rings (SSSR count). The molecule has 0 bridgehead atoms. The quantitative estimate of drug-likeness (QED) is 0.410. The van der Waals surface area contributed by atoms with Crippen molar-refractivity contribution < 1.29 is 24.6 Å². The zero-order chi connectivity index (χ0) is 19.5. The number of hydrogen-bond acceptors (Lipinski definition) is 8. The molecule has 9 heteroatoms. The van der Waals surface area contributed by atoms with Gasteiger partial charge in [-0.25, -0.2) is 9.97 Å². The molecule has 0 fully saturated rings. The lowest BCUT2D eigenvalue weighted by Gasteiger charge is -2.18. The van der Waals surface area contributed by atoms with E-state index in [0.717, 1.165) is 0 Å². The van der Waals surface area contributed by atoms with Crippen LogP contribution in [0.25, 0.3) is 10.9 Å². The van der Waals surface area contributed by atoms with Crippen LogP contribution in [0.3, 0.4) is 0 Å². The number of carboxylic acid groups (broad SMARTS) is 2. The highest BCUT2D eigenvalue weighted by atomic mass is 16.4. The molecular formula is C17H16N4O5-2. The number of anilines is 2. The van der Waals surface area contributed by atoms with Gasteiger partial charge >= 0.3 is 0 Å². The minimum Gasteiger partial charge on any atom is -0.545 e. The maximum atomic E-state index is 12.1. The number of nitrogens with zero attached hydrogens (tertiary/aromatic N) is 2. The Morgan fingerprint density at radius 2 is 1.73 bits per heavy atom. The zero-order valence-corrected chi connectivity index (χ0v) is 14.3. The Labute approximate surface area is 148 Å². The first-order valence-corrected chi connectivity index (χ1v) is 7.55. The van der Waals surface area contributed by atoms with Crippen LogP contribution in [-0.2, 0) is 14.4 Å². The van der Waals surface area contributed by atoms with E-state index < -0.39 is 22.9 Å². The van der Waals surface area contributed by atoms with Crippen LogP contribution in [0.15, 0.2) is 36.3 Å². The second-order valence-corrected chi connectivity index (χ2v) is 6.44. The van der Waals surface area contributed by atoms with Crippen LogP contribution in [0.4, 0.5) is 11.5 Å². The number of carbonyl (C=O) groups excluding carboxylic acids is 3. The standard InChI is InChI=1S/C17H18N4O5/c1-17(2,3)16(26)21-9-4-5-12-10(6-9)13(20-8-19-12)18-7-11(14(22)23)15(24)25/h4-8H,1-3H3,(H,21,26)(H,22,23)(H,24,25)(H,18,19,20)/p-2. The molecule has 0 aliphatic carbocycles. The average molecular weight is 356 g/mol. The van der Waals surface area contributed by atoms with Crippen LogP contribution in [-0.4, -0.2) is 27.8 Å². The molecule has 2 N–H and O–H groups in total. The number of hydrogen-bond donors (Lipinski definition) is 2. The number of aliphatic carboxylic acids is 2. The number of carboxylic acids is 2. The second kappa shape index (κ2) is 7.18. The molecule has 0 aliphatic heterocycles. The second-order valence-electron chi connectivity index (χ2n) is 6.44. The lowest BCUT2D eigenvalue weighted by molar-refractivity contribution is -0.312. The van der Waals surface area contributed by atoms with E-state index in [1.165, 1.54) is 6.33 Å². The van der Waals surface area contributed by atoms with Crippen LogP contribution < -0.4 is 20.8 Å². The summed E-state index contributed by atoms with van der Waals surface area (Å²) in [6.07, 6.45) is 1.94. The van der Waals surface area contributed by atoms with Crippen LogP contribution in [0.2, 0.25) is 0 Å². The van der Waals surface area contributed by atoms with E-state index in [-0.39, 0.29) is 11.7 Å². The smallest absolute Gasteiger partial charge is 0.229 e. The third-order valence-corrected chi connectivity index (χ3v) is 3.37.